The Balaban J connectivity index is 1.91. The van der Waals surface area contributed by atoms with E-state index >= 15 is 0 Å². The number of nitrogens with zero attached hydrogens (tertiary/aromatic N) is 2. The third-order valence-electron chi connectivity index (χ3n) is 4.15. The molecule has 0 aromatic carbocycles. The van der Waals surface area contributed by atoms with Gasteiger partial charge in [-0.1, -0.05) is 51.4 Å². The third kappa shape index (κ3) is 5.81. The number of hydrogen-bond acceptors (Lipinski definition) is 4. The monoisotopic (exact) mass is 336 g/mol. The number of morpholine rings is 1. The first-order chi connectivity index (χ1) is 11.1. The Morgan fingerprint density at radius 3 is 2.91 bits per heavy atom. The predicted octanol–water partition coefficient (Wildman–Crippen LogP) is 3.62. The molecule has 5 heteroatoms. The quantitative estimate of drug-likeness (QED) is 0.713. The maximum absolute atomic E-state index is 12.6. The van der Waals surface area contributed by atoms with E-state index in [4.69, 9.17) is 4.74 Å². The maximum Gasteiger partial charge on any atom is 0.233 e. The summed E-state index contributed by atoms with van der Waals surface area (Å²) >= 11 is 1.51. The summed E-state index contributed by atoms with van der Waals surface area (Å²) in [7, 11) is 0. The molecule has 1 aliphatic heterocycles. The van der Waals surface area contributed by atoms with Crippen molar-refractivity contribution in [1.82, 2.24) is 9.88 Å². The van der Waals surface area contributed by atoms with E-state index in [0.717, 1.165) is 30.8 Å². The number of thioether (sulfide) groups is 1. The van der Waals surface area contributed by atoms with Crippen LogP contribution in [0.25, 0.3) is 0 Å². The lowest BCUT2D eigenvalue weighted by Crippen LogP contribution is -2.52. The molecule has 2 heterocycles. The topological polar surface area (TPSA) is 42.4 Å². The summed E-state index contributed by atoms with van der Waals surface area (Å²) in [5.41, 5.74) is 0. The molecule has 0 radical (unpaired) electrons. The molecule has 0 saturated carbocycles. The first-order valence-electron chi connectivity index (χ1n) is 8.57. The standard InChI is InChI=1S/C18H28N2O2S/c1-4-5-8-15-11-20(12-16(22-15)14(2)3)18(21)13-23-17-9-6-7-10-19-17/h6-7,9-10,14-16H,4-5,8,11-13H2,1-3H3/t15-,16-/m1/s1. The number of aromatic nitrogens is 1. The second-order valence-electron chi connectivity index (χ2n) is 6.44. The number of carbonyl (C=O) groups excluding carboxylic acids is 1. The highest BCUT2D eigenvalue weighted by Crippen LogP contribution is 2.22. The third-order valence-corrected chi connectivity index (χ3v) is 5.08. The molecule has 1 aromatic rings. The van der Waals surface area contributed by atoms with Crippen molar-refractivity contribution in [2.45, 2.75) is 57.3 Å². The van der Waals surface area contributed by atoms with Crippen LogP contribution in [0.3, 0.4) is 0 Å². The summed E-state index contributed by atoms with van der Waals surface area (Å²) in [6, 6.07) is 5.78. The van der Waals surface area contributed by atoms with Crippen molar-refractivity contribution in [3.8, 4) is 0 Å². The molecule has 1 saturated heterocycles. The van der Waals surface area contributed by atoms with Crippen molar-refractivity contribution >= 4 is 17.7 Å². The van der Waals surface area contributed by atoms with Crippen molar-refractivity contribution in [3.05, 3.63) is 24.4 Å². The molecule has 1 aromatic heterocycles. The number of hydrogen-bond donors (Lipinski definition) is 0. The molecule has 4 nitrogen and oxygen atoms in total. The molecule has 2 rings (SSSR count). The van der Waals surface area contributed by atoms with Gasteiger partial charge in [-0.25, -0.2) is 4.98 Å². The van der Waals surface area contributed by atoms with Gasteiger partial charge in [-0.15, -0.1) is 0 Å². The van der Waals surface area contributed by atoms with E-state index in [1.165, 1.54) is 11.8 Å². The Bertz CT molecular complexity index is 481. The van der Waals surface area contributed by atoms with Crippen LogP contribution in [0.1, 0.15) is 40.0 Å². The predicted molar refractivity (Wildman–Crippen MR) is 94.6 cm³/mol. The Hall–Kier alpha value is -1.07. The van der Waals surface area contributed by atoms with Crippen LogP contribution in [-0.2, 0) is 9.53 Å². The molecular weight excluding hydrogens is 308 g/mol. The van der Waals surface area contributed by atoms with Crippen molar-refractivity contribution in [2.75, 3.05) is 18.8 Å². The van der Waals surface area contributed by atoms with Gasteiger partial charge in [0.25, 0.3) is 0 Å². The Morgan fingerprint density at radius 2 is 2.26 bits per heavy atom. The average molecular weight is 337 g/mol. The lowest BCUT2D eigenvalue weighted by molar-refractivity contribution is -0.147. The molecule has 0 spiro atoms. The molecule has 0 aliphatic carbocycles. The summed E-state index contributed by atoms with van der Waals surface area (Å²) in [4.78, 5) is 18.8. The average Bonchev–Trinajstić information content (AvgIpc) is 2.58. The lowest BCUT2D eigenvalue weighted by atomic mass is 10.0. The molecule has 23 heavy (non-hydrogen) atoms. The molecule has 128 valence electrons. The van der Waals surface area contributed by atoms with Crippen LogP contribution in [0.5, 0.6) is 0 Å². The van der Waals surface area contributed by atoms with Crippen LogP contribution in [0.4, 0.5) is 0 Å². The van der Waals surface area contributed by atoms with E-state index in [1.54, 1.807) is 6.20 Å². The number of carbonyl (C=O) groups is 1. The van der Waals surface area contributed by atoms with Gasteiger partial charge < -0.3 is 9.64 Å². The number of rotatable bonds is 7. The lowest BCUT2D eigenvalue weighted by Gasteiger charge is -2.40. The molecule has 1 amide bonds. The summed E-state index contributed by atoms with van der Waals surface area (Å²) in [6.45, 7) is 7.96. The number of pyridine rings is 1. The summed E-state index contributed by atoms with van der Waals surface area (Å²) in [5, 5.41) is 0.900. The van der Waals surface area contributed by atoms with Gasteiger partial charge in [0.15, 0.2) is 0 Å². The molecule has 0 N–H and O–H groups in total. The minimum Gasteiger partial charge on any atom is -0.371 e. The number of amides is 1. The molecular formula is C18H28N2O2S. The van der Waals surface area contributed by atoms with Gasteiger partial charge in [-0.3, -0.25) is 4.79 Å². The van der Waals surface area contributed by atoms with Gasteiger partial charge in [0.05, 0.1) is 23.0 Å². The van der Waals surface area contributed by atoms with Crippen LogP contribution < -0.4 is 0 Å². The normalized spacial score (nSPS) is 21.7. The fourth-order valence-corrected chi connectivity index (χ4v) is 3.46. The molecule has 0 bridgehead atoms. The van der Waals surface area contributed by atoms with E-state index < -0.39 is 0 Å². The number of ether oxygens (including phenoxy) is 1. The van der Waals surface area contributed by atoms with Crippen molar-refractivity contribution in [3.63, 3.8) is 0 Å². The highest BCUT2D eigenvalue weighted by atomic mass is 32.2. The van der Waals surface area contributed by atoms with E-state index in [1.807, 2.05) is 23.1 Å². The fraction of sp³-hybridized carbons (Fsp3) is 0.667. The van der Waals surface area contributed by atoms with Gasteiger partial charge in [-0.2, -0.15) is 0 Å². The zero-order valence-electron chi connectivity index (χ0n) is 14.4. The van der Waals surface area contributed by atoms with Crippen LogP contribution in [-0.4, -0.2) is 46.8 Å². The van der Waals surface area contributed by atoms with Gasteiger partial charge in [0.2, 0.25) is 5.91 Å². The van der Waals surface area contributed by atoms with E-state index in [9.17, 15) is 4.79 Å². The zero-order chi connectivity index (χ0) is 16.7. The van der Waals surface area contributed by atoms with Crippen molar-refractivity contribution in [1.29, 1.82) is 0 Å². The summed E-state index contributed by atoms with van der Waals surface area (Å²) in [5.74, 6) is 1.07. The largest absolute Gasteiger partial charge is 0.371 e. The van der Waals surface area contributed by atoms with Crippen LogP contribution in [0.15, 0.2) is 29.4 Å². The minimum absolute atomic E-state index is 0.148. The van der Waals surface area contributed by atoms with Crippen molar-refractivity contribution in [2.24, 2.45) is 5.92 Å². The summed E-state index contributed by atoms with van der Waals surface area (Å²) in [6.07, 6.45) is 5.44. The SMILES string of the molecule is CCCC[C@@H]1CN(C(=O)CSc2ccccn2)C[C@H](C(C)C)O1. The minimum atomic E-state index is 0.148. The first-order valence-corrected chi connectivity index (χ1v) is 9.55. The van der Waals surface area contributed by atoms with Crippen LogP contribution in [0, 0.1) is 5.92 Å². The Morgan fingerprint density at radius 1 is 1.43 bits per heavy atom. The van der Waals surface area contributed by atoms with Crippen LogP contribution in [0.2, 0.25) is 0 Å². The fourth-order valence-electron chi connectivity index (χ4n) is 2.69. The Labute approximate surface area is 144 Å². The Kier molecular flexibility index (Phi) is 7.37. The maximum atomic E-state index is 12.6. The molecule has 1 fully saturated rings. The molecule has 1 aliphatic rings. The first kappa shape index (κ1) is 18.3. The zero-order valence-corrected chi connectivity index (χ0v) is 15.2. The smallest absolute Gasteiger partial charge is 0.233 e. The van der Waals surface area contributed by atoms with Crippen LogP contribution >= 0.6 is 11.8 Å². The van der Waals surface area contributed by atoms with E-state index in [2.05, 4.69) is 25.8 Å². The second-order valence-corrected chi connectivity index (χ2v) is 7.43. The highest BCUT2D eigenvalue weighted by Gasteiger charge is 2.31. The van der Waals surface area contributed by atoms with Gasteiger partial charge >= 0.3 is 0 Å². The summed E-state index contributed by atoms with van der Waals surface area (Å²) < 4.78 is 6.18. The second kappa shape index (κ2) is 9.28. The van der Waals surface area contributed by atoms with Crippen molar-refractivity contribution < 1.29 is 9.53 Å². The van der Waals surface area contributed by atoms with Gasteiger partial charge in [0, 0.05) is 19.3 Å². The molecule has 0 unspecified atom stereocenters. The van der Waals surface area contributed by atoms with E-state index in [0.29, 0.717) is 18.2 Å². The number of unbranched alkanes of at least 4 members (excludes halogenated alkanes) is 1. The van der Waals surface area contributed by atoms with Gasteiger partial charge in [-0.05, 0) is 24.5 Å². The van der Waals surface area contributed by atoms with Gasteiger partial charge in [0.1, 0.15) is 0 Å². The highest BCUT2D eigenvalue weighted by molar-refractivity contribution is 7.99. The molecule has 2 atom stereocenters. The van der Waals surface area contributed by atoms with E-state index in [-0.39, 0.29) is 18.1 Å².